The molecule has 1 aromatic carbocycles. The van der Waals surface area contributed by atoms with Crippen LogP contribution in [0.5, 0.6) is 0 Å². The number of nitrogens with zero attached hydrogens (tertiary/aromatic N) is 2. The van der Waals surface area contributed by atoms with Gasteiger partial charge in [0.05, 0.1) is 0 Å². The van der Waals surface area contributed by atoms with E-state index in [1.54, 1.807) is 0 Å². The molecule has 106 valence electrons. The number of hydrogen-bond donors (Lipinski definition) is 1. The van der Waals surface area contributed by atoms with Gasteiger partial charge in [-0.1, -0.05) is 23.9 Å². The third-order valence-electron chi connectivity index (χ3n) is 2.53. The van der Waals surface area contributed by atoms with Crippen molar-refractivity contribution in [1.82, 2.24) is 9.97 Å². The van der Waals surface area contributed by atoms with Crippen LogP contribution in [-0.4, -0.2) is 9.97 Å². The Hall–Kier alpha value is -1.76. The molecule has 0 unspecified atom stereocenters. The van der Waals surface area contributed by atoms with Crippen molar-refractivity contribution in [3.63, 3.8) is 0 Å². The number of nitrogen functional groups attached to an aromatic ring is 1. The first-order chi connectivity index (χ1) is 9.25. The number of aryl methyl sites for hydroxylation is 2. The molecule has 0 radical (unpaired) electrons. The van der Waals surface area contributed by atoms with Gasteiger partial charge in [-0.15, -0.1) is 0 Å². The molecule has 2 rings (SSSR count). The number of anilines is 1. The molecule has 0 amide bonds. The van der Waals surface area contributed by atoms with E-state index in [2.05, 4.69) is 9.97 Å². The number of alkyl halides is 3. The zero-order chi connectivity index (χ0) is 14.9. The summed E-state index contributed by atoms with van der Waals surface area (Å²) in [4.78, 5) is 7.58. The second-order valence-corrected chi connectivity index (χ2v) is 5.39. The van der Waals surface area contributed by atoms with Gasteiger partial charge in [-0.05, 0) is 31.0 Å². The predicted molar refractivity (Wildman–Crippen MR) is 71.5 cm³/mol. The second-order valence-electron chi connectivity index (χ2n) is 4.32. The van der Waals surface area contributed by atoms with Crippen molar-refractivity contribution >= 4 is 17.6 Å². The molecule has 0 bridgehead atoms. The Morgan fingerprint density at radius 3 is 2.45 bits per heavy atom. The van der Waals surface area contributed by atoms with Crippen LogP contribution in [0.2, 0.25) is 0 Å². The van der Waals surface area contributed by atoms with Crippen molar-refractivity contribution in [2.45, 2.75) is 29.9 Å². The van der Waals surface area contributed by atoms with Gasteiger partial charge in [0.25, 0.3) is 0 Å². The Labute approximate surface area is 118 Å². The summed E-state index contributed by atoms with van der Waals surface area (Å²) >= 11 is 1.14. The average Bonchev–Trinajstić information content (AvgIpc) is 2.32. The van der Waals surface area contributed by atoms with E-state index >= 15 is 0 Å². The van der Waals surface area contributed by atoms with Crippen molar-refractivity contribution in [2.75, 3.05) is 5.73 Å². The molecule has 0 aliphatic heterocycles. The summed E-state index contributed by atoms with van der Waals surface area (Å²) in [5.74, 6) is -1.41. The van der Waals surface area contributed by atoms with Gasteiger partial charge in [0.15, 0.2) is 0 Å². The van der Waals surface area contributed by atoms with Crippen LogP contribution in [-0.2, 0) is 6.18 Å². The van der Waals surface area contributed by atoms with Crippen LogP contribution in [0.3, 0.4) is 0 Å². The van der Waals surface area contributed by atoms with Crippen LogP contribution in [0.15, 0.2) is 34.2 Å². The van der Waals surface area contributed by atoms with Crippen LogP contribution in [0, 0.1) is 13.8 Å². The van der Waals surface area contributed by atoms with Crippen molar-refractivity contribution in [3.05, 3.63) is 41.2 Å². The van der Waals surface area contributed by atoms with Gasteiger partial charge in [-0.2, -0.15) is 13.2 Å². The van der Waals surface area contributed by atoms with Crippen LogP contribution in [0.25, 0.3) is 0 Å². The Morgan fingerprint density at radius 1 is 1.10 bits per heavy atom. The van der Waals surface area contributed by atoms with Crippen LogP contribution < -0.4 is 5.73 Å². The largest absolute Gasteiger partial charge is 0.451 e. The molecule has 0 fully saturated rings. The Balaban J connectivity index is 2.39. The van der Waals surface area contributed by atoms with Gasteiger partial charge in [-0.3, -0.25) is 0 Å². The number of rotatable bonds is 2. The van der Waals surface area contributed by atoms with E-state index in [1.165, 1.54) is 6.07 Å². The standard InChI is InChI=1S/C13H12F3N3S/c1-7-3-4-8(2)9(5-7)20-11-6-10(17)18-12(19-11)13(14,15)16/h3-6H,1-2H3,(H2,17,18,19). The molecule has 2 aromatic rings. The van der Waals surface area contributed by atoms with Gasteiger partial charge < -0.3 is 5.73 Å². The van der Waals surface area contributed by atoms with Crippen LogP contribution in [0.1, 0.15) is 17.0 Å². The number of aromatic nitrogens is 2. The van der Waals surface area contributed by atoms with E-state index in [-0.39, 0.29) is 10.8 Å². The molecular weight excluding hydrogens is 287 g/mol. The third kappa shape index (κ3) is 3.41. The third-order valence-corrected chi connectivity index (χ3v) is 3.61. The first kappa shape index (κ1) is 14.6. The minimum Gasteiger partial charge on any atom is -0.384 e. The zero-order valence-corrected chi connectivity index (χ0v) is 11.6. The minimum atomic E-state index is -4.60. The summed E-state index contributed by atoms with van der Waals surface area (Å²) in [7, 11) is 0. The highest BCUT2D eigenvalue weighted by atomic mass is 32.2. The van der Waals surface area contributed by atoms with E-state index in [1.807, 2.05) is 32.0 Å². The predicted octanol–water partition coefficient (Wildman–Crippen LogP) is 3.85. The molecule has 20 heavy (non-hydrogen) atoms. The summed E-state index contributed by atoms with van der Waals surface area (Å²) in [6, 6.07) is 7.08. The molecule has 0 spiro atoms. The lowest BCUT2D eigenvalue weighted by atomic mass is 10.2. The Kier molecular flexibility index (Phi) is 3.89. The lowest BCUT2D eigenvalue weighted by Gasteiger charge is -2.09. The van der Waals surface area contributed by atoms with Crippen LogP contribution in [0.4, 0.5) is 19.0 Å². The summed E-state index contributed by atoms with van der Waals surface area (Å²) in [5.41, 5.74) is 7.40. The lowest BCUT2D eigenvalue weighted by molar-refractivity contribution is -0.145. The lowest BCUT2D eigenvalue weighted by Crippen LogP contribution is -2.12. The molecule has 1 heterocycles. The molecule has 2 N–H and O–H groups in total. The number of nitrogens with two attached hydrogens (primary N) is 1. The van der Waals surface area contributed by atoms with Crippen molar-refractivity contribution in [2.24, 2.45) is 0 Å². The Morgan fingerprint density at radius 2 is 1.80 bits per heavy atom. The van der Waals surface area contributed by atoms with Crippen LogP contribution >= 0.6 is 11.8 Å². The van der Waals surface area contributed by atoms with E-state index in [4.69, 9.17) is 5.73 Å². The quantitative estimate of drug-likeness (QED) is 0.856. The fraction of sp³-hybridized carbons (Fsp3) is 0.231. The van der Waals surface area contributed by atoms with E-state index in [9.17, 15) is 13.2 Å². The molecule has 0 aliphatic rings. The summed E-state index contributed by atoms with van der Waals surface area (Å²) in [6.45, 7) is 3.80. The fourth-order valence-corrected chi connectivity index (χ4v) is 2.56. The van der Waals surface area contributed by atoms with E-state index < -0.39 is 12.0 Å². The monoisotopic (exact) mass is 299 g/mol. The molecule has 0 atom stereocenters. The molecule has 1 aromatic heterocycles. The average molecular weight is 299 g/mol. The first-order valence-electron chi connectivity index (χ1n) is 5.72. The molecular formula is C13H12F3N3S. The smallest absolute Gasteiger partial charge is 0.384 e. The van der Waals surface area contributed by atoms with Gasteiger partial charge in [0.1, 0.15) is 10.8 Å². The minimum absolute atomic E-state index is 0.179. The van der Waals surface area contributed by atoms with Gasteiger partial charge in [-0.25, -0.2) is 9.97 Å². The summed E-state index contributed by atoms with van der Waals surface area (Å²) < 4.78 is 37.9. The number of hydrogen-bond acceptors (Lipinski definition) is 4. The highest BCUT2D eigenvalue weighted by Crippen LogP contribution is 2.33. The Bertz CT molecular complexity index is 641. The maximum absolute atomic E-state index is 12.6. The van der Waals surface area contributed by atoms with Gasteiger partial charge >= 0.3 is 6.18 Å². The first-order valence-corrected chi connectivity index (χ1v) is 6.54. The summed E-state index contributed by atoms with van der Waals surface area (Å²) in [5, 5.41) is 0.179. The van der Waals surface area contributed by atoms with E-state index in [0.717, 1.165) is 27.8 Å². The number of halogens is 3. The molecule has 0 saturated heterocycles. The van der Waals surface area contributed by atoms with Crippen molar-refractivity contribution < 1.29 is 13.2 Å². The molecule has 0 saturated carbocycles. The normalized spacial score (nSPS) is 11.7. The topological polar surface area (TPSA) is 51.8 Å². The molecule has 7 heteroatoms. The zero-order valence-electron chi connectivity index (χ0n) is 10.8. The highest BCUT2D eigenvalue weighted by molar-refractivity contribution is 7.99. The molecule has 0 aliphatic carbocycles. The highest BCUT2D eigenvalue weighted by Gasteiger charge is 2.35. The van der Waals surface area contributed by atoms with Crippen molar-refractivity contribution in [1.29, 1.82) is 0 Å². The summed E-state index contributed by atoms with van der Waals surface area (Å²) in [6.07, 6.45) is -4.60. The van der Waals surface area contributed by atoms with Crippen molar-refractivity contribution in [3.8, 4) is 0 Å². The number of benzene rings is 1. The maximum Gasteiger partial charge on any atom is 0.451 e. The maximum atomic E-state index is 12.6. The fourth-order valence-electron chi connectivity index (χ4n) is 1.55. The van der Waals surface area contributed by atoms with E-state index in [0.29, 0.717) is 0 Å². The SMILES string of the molecule is Cc1ccc(C)c(Sc2cc(N)nc(C(F)(F)F)n2)c1. The van der Waals surface area contributed by atoms with Gasteiger partial charge in [0.2, 0.25) is 5.82 Å². The second kappa shape index (κ2) is 5.32. The van der Waals surface area contributed by atoms with Gasteiger partial charge in [0, 0.05) is 11.0 Å². The molecule has 3 nitrogen and oxygen atoms in total.